The Morgan fingerprint density at radius 2 is 2.33 bits per heavy atom. The molecule has 0 saturated carbocycles. The van der Waals surface area contributed by atoms with Crippen LogP contribution in [0, 0.1) is 5.92 Å². The van der Waals surface area contributed by atoms with Crippen molar-refractivity contribution in [1.29, 1.82) is 0 Å². The van der Waals surface area contributed by atoms with Gasteiger partial charge in [0.1, 0.15) is 0 Å². The average Bonchev–Trinajstić information content (AvgIpc) is 2.70. The van der Waals surface area contributed by atoms with Crippen molar-refractivity contribution in [1.82, 2.24) is 4.90 Å². The zero-order valence-corrected chi connectivity index (χ0v) is 10.6. The standard InChI is InChI=1S/C12H22N2S/c1-11(9-13)5-3-7-14(2)10-12-6-4-8-15-12/h4,6,8,11H,3,5,7,9-10,13H2,1-2H3. The summed E-state index contributed by atoms with van der Waals surface area (Å²) in [5.41, 5.74) is 5.59. The molecule has 0 saturated heterocycles. The molecule has 0 aliphatic carbocycles. The summed E-state index contributed by atoms with van der Waals surface area (Å²) in [6.45, 7) is 5.28. The van der Waals surface area contributed by atoms with Crippen molar-refractivity contribution < 1.29 is 0 Å². The van der Waals surface area contributed by atoms with E-state index < -0.39 is 0 Å². The zero-order chi connectivity index (χ0) is 11.1. The first-order valence-electron chi connectivity index (χ1n) is 5.63. The van der Waals surface area contributed by atoms with E-state index in [2.05, 4.69) is 36.4 Å². The van der Waals surface area contributed by atoms with Crippen molar-refractivity contribution in [2.75, 3.05) is 20.1 Å². The Bertz CT molecular complexity index is 246. The lowest BCUT2D eigenvalue weighted by Crippen LogP contribution is -2.20. The van der Waals surface area contributed by atoms with Gasteiger partial charge in [0.2, 0.25) is 0 Å². The highest BCUT2D eigenvalue weighted by Crippen LogP contribution is 2.11. The van der Waals surface area contributed by atoms with Gasteiger partial charge in [-0.25, -0.2) is 0 Å². The third-order valence-electron chi connectivity index (χ3n) is 2.64. The Labute approximate surface area is 97.1 Å². The molecule has 0 radical (unpaired) electrons. The van der Waals surface area contributed by atoms with E-state index in [1.54, 1.807) is 0 Å². The van der Waals surface area contributed by atoms with Crippen LogP contribution >= 0.6 is 11.3 Å². The summed E-state index contributed by atoms with van der Waals surface area (Å²) in [7, 11) is 2.19. The first kappa shape index (κ1) is 12.7. The Kier molecular flexibility index (Phi) is 5.91. The van der Waals surface area contributed by atoms with E-state index in [0.717, 1.165) is 13.1 Å². The highest BCUT2D eigenvalue weighted by Gasteiger charge is 2.03. The first-order chi connectivity index (χ1) is 7.22. The molecule has 0 fully saturated rings. The van der Waals surface area contributed by atoms with Crippen molar-refractivity contribution in [2.24, 2.45) is 11.7 Å². The van der Waals surface area contributed by atoms with Crippen LogP contribution < -0.4 is 5.73 Å². The second-order valence-electron chi connectivity index (χ2n) is 4.30. The van der Waals surface area contributed by atoms with E-state index in [1.807, 2.05) is 11.3 Å². The summed E-state index contributed by atoms with van der Waals surface area (Å²) >= 11 is 1.83. The van der Waals surface area contributed by atoms with Gasteiger partial charge in [-0.3, -0.25) is 0 Å². The molecular weight excluding hydrogens is 204 g/mol. The van der Waals surface area contributed by atoms with Gasteiger partial charge in [0.25, 0.3) is 0 Å². The Balaban J connectivity index is 2.11. The lowest BCUT2D eigenvalue weighted by molar-refractivity contribution is 0.311. The molecule has 0 spiro atoms. The monoisotopic (exact) mass is 226 g/mol. The minimum absolute atomic E-state index is 0.667. The lowest BCUT2D eigenvalue weighted by Gasteiger charge is -2.16. The smallest absolute Gasteiger partial charge is 0.0324 e. The quantitative estimate of drug-likeness (QED) is 0.774. The molecule has 1 aromatic heterocycles. The average molecular weight is 226 g/mol. The summed E-state index contributed by atoms with van der Waals surface area (Å²) in [5.74, 6) is 0.667. The van der Waals surface area contributed by atoms with Crippen LogP contribution in [-0.4, -0.2) is 25.0 Å². The van der Waals surface area contributed by atoms with Crippen molar-refractivity contribution in [3.8, 4) is 0 Å². The molecule has 3 heteroatoms. The predicted molar refractivity (Wildman–Crippen MR) is 68.1 cm³/mol. The molecule has 0 bridgehead atoms. The molecule has 0 amide bonds. The van der Waals surface area contributed by atoms with E-state index in [4.69, 9.17) is 5.73 Å². The fraction of sp³-hybridized carbons (Fsp3) is 0.667. The Morgan fingerprint density at radius 3 is 2.93 bits per heavy atom. The van der Waals surface area contributed by atoms with Crippen LogP contribution in [0.2, 0.25) is 0 Å². The third kappa shape index (κ3) is 5.30. The molecule has 0 aliphatic rings. The molecular formula is C12H22N2S. The van der Waals surface area contributed by atoms with E-state index >= 15 is 0 Å². The maximum absolute atomic E-state index is 5.59. The highest BCUT2D eigenvalue weighted by molar-refractivity contribution is 7.09. The maximum atomic E-state index is 5.59. The molecule has 0 aliphatic heterocycles. The van der Waals surface area contributed by atoms with Crippen LogP contribution in [0.15, 0.2) is 17.5 Å². The molecule has 2 N–H and O–H groups in total. The van der Waals surface area contributed by atoms with Crippen molar-refractivity contribution in [3.05, 3.63) is 22.4 Å². The van der Waals surface area contributed by atoms with Gasteiger partial charge in [0.15, 0.2) is 0 Å². The largest absolute Gasteiger partial charge is 0.330 e. The van der Waals surface area contributed by atoms with Gasteiger partial charge < -0.3 is 10.6 Å². The second kappa shape index (κ2) is 6.99. The van der Waals surface area contributed by atoms with Crippen LogP contribution in [0.3, 0.4) is 0 Å². The number of thiophene rings is 1. The Morgan fingerprint density at radius 1 is 1.53 bits per heavy atom. The summed E-state index contributed by atoms with van der Waals surface area (Å²) in [6, 6.07) is 4.31. The molecule has 1 aromatic rings. The van der Waals surface area contributed by atoms with Crippen LogP contribution in [0.4, 0.5) is 0 Å². The number of nitrogens with zero attached hydrogens (tertiary/aromatic N) is 1. The number of rotatable bonds is 7. The first-order valence-corrected chi connectivity index (χ1v) is 6.51. The molecule has 0 aromatic carbocycles. The van der Waals surface area contributed by atoms with Crippen LogP contribution in [0.1, 0.15) is 24.6 Å². The summed E-state index contributed by atoms with van der Waals surface area (Å²) in [5, 5.41) is 2.14. The third-order valence-corrected chi connectivity index (χ3v) is 3.51. The van der Waals surface area contributed by atoms with Gasteiger partial charge in [0.05, 0.1) is 0 Å². The van der Waals surface area contributed by atoms with E-state index in [-0.39, 0.29) is 0 Å². The molecule has 1 rings (SSSR count). The molecule has 1 atom stereocenters. The molecule has 1 heterocycles. The summed E-state index contributed by atoms with van der Waals surface area (Å²) in [6.07, 6.45) is 2.49. The van der Waals surface area contributed by atoms with Gasteiger partial charge in [-0.2, -0.15) is 0 Å². The van der Waals surface area contributed by atoms with Crippen molar-refractivity contribution >= 4 is 11.3 Å². The minimum atomic E-state index is 0.667. The number of hydrogen-bond donors (Lipinski definition) is 1. The lowest BCUT2D eigenvalue weighted by atomic mass is 10.1. The summed E-state index contributed by atoms with van der Waals surface area (Å²) in [4.78, 5) is 3.83. The topological polar surface area (TPSA) is 29.3 Å². The van der Waals surface area contributed by atoms with Crippen molar-refractivity contribution in [2.45, 2.75) is 26.3 Å². The van der Waals surface area contributed by atoms with Gasteiger partial charge in [-0.15, -0.1) is 11.3 Å². The van der Waals surface area contributed by atoms with Gasteiger partial charge in [0, 0.05) is 11.4 Å². The van der Waals surface area contributed by atoms with Crippen LogP contribution in [0.25, 0.3) is 0 Å². The minimum Gasteiger partial charge on any atom is -0.330 e. The van der Waals surface area contributed by atoms with Gasteiger partial charge >= 0.3 is 0 Å². The van der Waals surface area contributed by atoms with Gasteiger partial charge in [-0.05, 0) is 50.3 Å². The maximum Gasteiger partial charge on any atom is 0.0324 e. The Hall–Kier alpha value is -0.380. The summed E-state index contributed by atoms with van der Waals surface area (Å²) < 4.78 is 0. The second-order valence-corrected chi connectivity index (χ2v) is 5.33. The molecule has 2 nitrogen and oxygen atoms in total. The number of hydrogen-bond acceptors (Lipinski definition) is 3. The van der Waals surface area contributed by atoms with Crippen LogP contribution in [0.5, 0.6) is 0 Å². The fourth-order valence-electron chi connectivity index (χ4n) is 1.58. The fourth-order valence-corrected chi connectivity index (χ4v) is 2.36. The number of nitrogens with two attached hydrogens (primary N) is 1. The highest BCUT2D eigenvalue weighted by atomic mass is 32.1. The van der Waals surface area contributed by atoms with Crippen molar-refractivity contribution in [3.63, 3.8) is 0 Å². The van der Waals surface area contributed by atoms with Gasteiger partial charge in [-0.1, -0.05) is 13.0 Å². The normalized spacial score (nSPS) is 13.3. The van der Waals surface area contributed by atoms with Crippen LogP contribution in [-0.2, 0) is 6.54 Å². The zero-order valence-electron chi connectivity index (χ0n) is 9.78. The molecule has 15 heavy (non-hydrogen) atoms. The predicted octanol–water partition coefficient (Wildman–Crippen LogP) is 2.55. The molecule has 1 unspecified atom stereocenters. The SMILES string of the molecule is CC(CN)CCCN(C)Cc1cccs1. The van der Waals surface area contributed by atoms with E-state index in [0.29, 0.717) is 5.92 Å². The van der Waals surface area contributed by atoms with E-state index in [1.165, 1.54) is 24.3 Å². The molecule has 86 valence electrons. The van der Waals surface area contributed by atoms with E-state index in [9.17, 15) is 0 Å².